The van der Waals surface area contributed by atoms with Gasteiger partial charge in [-0.15, -0.1) is 0 Å². The first-order valence-electron chi connectivity index (χ1n) is 5.78. The smallest absolute Gasteiger partial charge is 0.126 e. The van der Waals surface area contributed by atoms with E-state index in [0.717, 1.165) is 11.8 Å². The zero-order chi connectivity index (χ0) is 13.8. The summed E-state index contributed by atoms with van der Waals surface area (Å²) < 4.78 is 26.2. The summed E-state index contributed by atoms with van der Waals surface area (Å²) in [7, 11) is 0. The minimum atomic E-state index is -0.610. The largest absolute Gasteiger partial charge is 0.271 e. The number of hydrogen-bond acceptors (Lipinski definition) is 4. The van der Waals surface area contributed by atoms with Crippen LogP contribution in [0.1, 0.15) is 23.0 Å². The Balaban J connectivity index is 2.21. The maximum absolute atomic E-state index is 13.1. The molecule has 100 valence electrons. The minimum absolute atomic E-state index is 0.322. The van der Waals surface area contributed by atoms with Crippen LogP contribution in [0.15, 0.2) is 30.6 Å². The summed E-state index contributed by atoms with van der Waals surface area (Å²) in [6.07, 6.45) is 3.53. The first kappa shape index (κ1) is 13.5. The van der Waals surface area contributed by atoms with Crippen LogP contribution in [0.5, 0.6) is 0 Å². The summed E-state index contributed by atoms with van der Waals surface area (Å²) in [6, 6.07) is 3.03. The minimum Gasteiger partial charge on any atom is -0.271 e. The number of hydrogen-bond donors (Lipinski definition) is 2. The third kappa shape index (κ3) is 3.52. The second-order valence-electron chi connectivity index (χ2n) is 4.28. The lowest BCUT2D eigenvalue weighted by atomic mass is 10.0. The van der Waals surface area contributed by atoms with Gasteiger partial charge in [-0.1, -0.05) is 0 Å². The van der Waals surface area contributed by atoms with E-state index in [4.69, 9.17) is 5.84 Å². The Kier molecular flexibility index (Phi) is 4.13. The van der Waals surface area contributed by atoms with E-state index in [1.807, 2.05) is 6.92 Å². The second-order valence-corrected chi connectivity index (χ2v) is 4.28. The van der Waals surface area contributed by atoms with E-state index in [9.17, 15) is 8.78 Å². The van der Waals surface area contributed by atoms with E-state index in [-0.39, 0.29) is 6.04 Å². The molecular formula is C13H14F2N4. The molecule has 0 spiro atoms. The molecular weight excluding hydrogens is 250 g/mol. The predicted molar refractivity (Wildman–Crippen MR) is 66.9 cm³/mol. The molecule has 3 N–H and O–H groups in total. The number of aryl methyl sites for hydroxylation is 1. The van der Waals surface area contributed by atoms with Crippen molar-refractivity contribution in [2.24, 2.45) is 5.84 Å². The fourth-order valence-corrected chi connectivity index (χ4v) is 1.80. The van der Waals surface area contributed by atoms with Gasteiger partial charge >= 0.3 is 0 Å². The molecule has 0 saturated heterocycles. The molecule has 0 aliphatic rings. The van der Waals surface area contributed by atoms with Crippen molar-refractivity contribution in [2.45, 2.75) is 19.4 Å². The quantitative estimate of drug-likeness (QED) is 0.653. The Morgan fingerprint density at radius 2 is 1.84 bits per heavy atom. The molecule has 1 atom stereocenters. The van der Waals surface area contributed by atoms with E-state index in [1.54, 1.807) is 12.4 Å². The lowest BCUT2D eigenvalue weighted by molar-refractivity contribution is 0.527. The van der Waals surface area contributed by atoms with Crippen molar-refractivity contribution in [1.82, 2.24) is 15.4 Å². The third-order valence-corrected chi connectivity index (χ3v) is 2.72. The fourth-order valence-electron chi connectivity index (χ4n) is 1.80. The normalized spacial score (nSPS) is 12.4. The summed E-state index contributed by atoms with van der Waals surface area (Å²) in [5.41, 5.74) is 4.49. The summed E-state index contributed by atoms with van der Waals surface area (Å²) >= 11 is 0. The van der Waals surface area contributed by atoms with Gasteiger partial charge in [-0.2, -0.15) is 0 Å². The number of aromatic nitrogens is 2. The number of halogens is 2. The maximum Gasteiger partial charge on any atom is 0.126 e. The molecule has 0 aliphatic carbocycles. The van der Waals surface area contributed by atoms with Crippen molar-refractivity contribution < 1.29 is 8.78 Å². The number of nitrogens with zero attached hydrogens (tertiary/aromatic N) is 2. The molecule has 0 aliphatic heterocycles. The van der Waals surface area contributed by atoms with Crippen LogP contribution in [-0.2, 0) is 6.42 Å². The number of nitrogens with two attached hydrogens (primary N) is 1. The molecule has 4 nitrogen and oxygen atoms in total. The molecule has 6 heteroatoms. The number of hydrazine groups is 1. The zero-order valence-electron chi connectivity index (χ0n) is 10.4. The van der Waals surface area contributed by atoms with Gasteiger partial charge in [-0.3, -0.25) is 21.2 Å². The van der Waals surface area contributed by atoms with Crippen molar-refractivity contribution in [3.63, 3.8) is 0 Å². The standard InChI is InChI=1S/C13H14F2N4/c1-8-6-18-13(7-17-8)12(19-16)4-9-2-10(14)5-11(15)3-9/h2-3,5-7,12,19H,4,16H2,1H3. The SMILES string of the molecule is Cc1cnc(C(Cc2cc(F)cc(F)c2)NN)cn1. The van der Waals surface area contributed by atoms with E-state index in [2.05, 4.69) is 15.4 Å². The van der Waals surface area contributed by atoms with Gasteiger partial charge in [0.2, 0.25) is 0 Å². The molecule has 2 rings (SSSR count). The highest BCUT2D eigenvalue weighted by atomic mass is 19.1. The molecule has 0 fully saturated rings. The van der Waals surface area contributed by atoms with E-state index >= 15 is 0 Å². The third-order valence-electron chi connectivity index (χ3n) is 2.72. The van der Waals surface area contributed by atoms with Gasteiger partial charge in [0.05, 0.1) is 23.6 Å². The molecule has 1 aromatic carbocycles. The van der Waals surface area contributed by atoms with E-state index in [0.29, 0.717) is 17.7 Å². The Labute approximate surface area is 109 Å². The molecule has 0 saturated carbocycles. The average molecular weight is 264 g/mol. The fraction of sp³-hybridized carbons (Fsp3) is 0.231. The Morgan fingerprint density at radius 1 is 1.16 bits per heavy atom. The van der Waals surface area contributed by atoms with Crippen LogP contribution in [0, 0.1) is 18.6 Å². The van der Waals surface area contributed by atoms with Gasteiger partial charge in [-0.05, 0) is 31.0 Å². The summed E-state index contributed by atoms with van der Waals surface area (Å²) in [4.78, 5) is 8.32. The summed E-state index contributed by atoms with van der Waals surface area (Å²) in [5, 5.41) is 0. The molecule has 1 heterocycles. The van der Waals surface area contributed by atoms with Crippen molar-refractivity contribution in [1.29, 1.82) is 0 Å². The van der Waals surface area contributed by atoms with E-state index < -0.39 is 11.6 Å². The summed E-state index contributed by atoms with van der Waals surface area (Å²) in [6.45, 7) is 1.82. The summed E-state index contributed by atoms with van der Waals surface area (Å²) in [5.74, 6) is 4.24. The van der Waals surface area contributed by atoms with Gasteiger partial charge in [0.25, 0.3) is 0 Å². The second kappa shape index (κ2) is 5.81. The van der Waals surface area contributed by atoms with Crippen LogP contribution in [0.3, 0.4) is 0 Å². The van der Waals surface area contributed by atoms with Crippen LogP contribution >= 0.6 is 0 Å². The van der Waals surface area contributed by atoms with Crippen LogP contribution in [-0.4, -0.2) is 9.97 Å². The van der Waals surface area contributed by atoms with Crippen LogP contribution in [0.2, 0.25) is 0 Å². The number of benzene rings is 1. The molecule has 1 unspecified atom stereocenters. The van der Waals surface area contributed by atoms with Gasteiger partial charge in [0.15, 0.2) is 0 Å². The van der Waals surface area contributed by atoms with Gasteiger partial charge < -0.3 is 0 Å². The molecule has 2 aromatic rings. The first-order valence-corrected chi connectivity index (χ1v) is 5.78. The molecule has 0 amide bonds. The topological polar surface area (TPSA) is 63.8 Å². The highest BCUT2D eigenvalue weighted by Crippen LogP contribution is 2.17. The number of nitrogens with one attached hydrogen (secondary N) is 1. The lowest BCUT2D eigenvalue weighted by Gasteiger charge is -2.15. The molecule has 0 bridgehead atoms. The van der Waals surface area contributed by atoms with Crippen LogP contribution in [0.4, 0.5) is 8.78 Å². The molecule has 0 radical (unpaired) electrons. The van der Waals surface area contributed by atoms with Crippen molar-refractivity contribution >= 4 is 0 Å². The monoisotopic (exact) mass is 264 g/mol. The van der Waals surface area contributed by atoms with Crippen LogP contribution in [0.25, 0.3) is 0 Å². The predicted octanol–water partition coefficient (Wildman–Crippen LogP) is 1.81. The average Bonchev–Trinajstić information content (AvgIpc) is 2.36. The van der Waals surface area contributed by atoms with Gasteiger partial charge in [-0.25, -0.2) is 8.78 Å². The Bertz CT molecular complexity index is 537. The van der Waals surface area contributed by atoms with Gasteiger partial charge in [0, 0.05) is 12.3 Å². The van der Waals surface area contributed by atoms with Crippen molar-refractivity contribution in [3.8, 4) is 0 Å². The van der Waals surface area contributed by atoms with Gasteiger partial charge in [0.1, 0.15) is 11.6 Å². The number of rotatable bonds is 4. The Hall–Kier alpha value is -1.92. The van der Waals surface area contributed by atoms with Crippen molar-refractivity contribution in [2.75, 3.05) is 0 Å². The van der Waals surface area contributed by atoms with Crippen molar-refractivity contribution in [3.05, 3.63) is 59.2 Å². The van der Waals surface area contributed by atoms with Crippen LogP contribution < -0.4 is 11.3 Å². The molecule has 19 heavy (non-hydrogen) atoms. The highest BCUT2D eigenvalue weighted by molar-refractivity contribution is 5.21. The highest BCUT2D eigenvalue weighted by Gasteiger charge is 2.13. The maximum atomic E-state index is 13.1. The molecule has 1 aromatic heterocycles. The Morgan fingerprint density at radius 3 is 2.37 bits per heavy atom. The first-order chi connectivity index (χ1) is 9.08. The zero-order valence-corrected chi connectivity index (χ0v) is 10.4. The lowest BCUT2D eigenvalue weighted by Crippen LogP contribution is -2.30. The van der Waals surface area contributed by atoms with E-state index in [1.165, 1.54) is 12.1 Å².